The molecule has 1 saturated heterocycles. The molecule has 0 saturated carbocycles. The van der Waals surface area contributed by atoms with Gasteiger partial charge in [-0.05, 0) is 55.7 Å². The molecular formula is C21H18F6N2O3. The molecule has 2 amide bonds. The van der Waals surface area contributed by atoms with E-state index in [0.717, 1.165) is 31.4 Å². The molecular weight excluding hydrogens is 442 g/mol. The van der Waals surface area contributed by atoms with Gasteiger partial charge in [0.25, 0.3) is 11.8 Å². The van der Waals surface area contributed by atoms with Crippen molar-refractivity contribution < 1.29 is 41.0 Å². The van der Waals surface area contributed by atoms with Crippen molar-refractivity contribution in [2.45, 2.75) is 31.6 Å². The number of halogens is 6. The summed E-state index contributed by atoms with van der Waals surface area (Å²) in [7, 11) is 0. The number of benzene rings is 2. The minimum Gasteiger partial charge on any atom is -0.507 e. The average Bonchev–Trinajstić information content (AvgIpc) is 2.72. The predicted molar refractivity (Wildman–Crippen MR) is 102 cm³/mol. The number of nitrogens with one attached hydrogen (secondary N) is 1. The Bertz CT molecular complexity index is 995. The van der Waals surface area contributed by atoms with Crippen LogP contribution in [0.1, 0.15) is 51.1 Å². The fourth-order valence-electron chi connectivity index (χ4n) is 3.36. The summed E-state index contributed by atoms with van der Waals surface area (Å²) in [6.07, 6.45) is -7.56. The molecule has 0 radical (unpaired) electrons. The van der Waals surface area contributed by atoms with Crippen molar-refractivity contribution in [1.82, 2.24) is 4.90 Å². The molecule has 0 unspecified atom stereocenters. The molecule has 3 rings (SSSR count). The lowest BCUT2D eigenvalue weighted by Gasteiger charge is -2.26. The van der Waals surface area contributed by atoms with E-state index >= 15 is 0 Å². The van der Waals surface area contributed by atoms with E-state index in [1.807, 2.05) is 5.32 Å². The Labute approximate surface area is 178 Å². The van der Waals surface area contributed by atoms with Gasteiger partial charge in [0.15, 0.2) is 0 Å². The first-order chi connectivity index (χ1) is 14.9. The molecule has 5 nitrogen and oxygen atoms in total. The number of anilines is 1. The van der Waals surface area contributed by atoms with Crippen molar-refractivity contribution >= 4 is 17.5 Å². The molecule has 1 aliphatic rings. The molecule has 0 spiro atoms. The third kappa shape index (κ3) is 5.32. The fraction of sp³-hybridized carbons (Fsp3) is 0.333. The van der Waals surface area contributed by atoms with Crippen LogP contribution in [0.4, 0.5) is 32.0 Å². The molecule has 0 aliphatic carbocycles. The van der Waals surface area contributed by atoms with E-state index in [9.17, 15) is 41.0 Å². The zero-order chi connectivity index (χ0) is 23.7. The van der Waals surface area contributed by atoms with Gasteiger partial charge in [-0.1, -0.05) is 0 Å². The van der Waals surface area contributed by atoms with Crippen LogP contribution in [0.25, 0.3) is 0 Å². The lowest BCUT2D eigenvalue weighted by molar-refractivity contribution is -0.143. The highest BCUT2D eigenvalue weighted by Crippen LogP contribution is 2.37. The number of aromatic hydroxyl groups is 1. The third-order valence-corrected chi connectivity index (χ3v) is 4.98. The molecule has 172 valence electrons. The van der Waals surface area contributed by atoms with E-state index in [0.29, 0.717) is 25.2 Å². The van der Waals surface area contributed by atoms with Gasteiger partial charge in [-0.15, -0.1) is 0 Å². The lowest BCUT2D eigenvalue weighted by Crippen LogP contribution is -2.35. The third-order valence-electron chi connectivity index (χ3n) is 4.98. The highest BCUT2D eigenvalue weighted by Gasteiger charge is 2.37. The van der Waals surface area contributed by atoms with Crippen LogP contribution >= 0.6 is 0 Å². The standard InChI is InChI=1S/C21H18F6N2O3/c22-20(23,24)13-9-14(21(25,26)27)11-15(10-13)28-18(31)16-8-12(4-5-17(16)30)19(32)29-6-2-1-3-7-29/h4-5,8-11,30H,1-3,6-7H2,(H,28,31). The number of hydrogen-bond donors (Lipinski definition) is 2. The molecule has 2 aromatic rings. The maximum Gasteiger partial charge on any atom is 0.416 e. The van der Waals surface area contributed by atoms with Gasteiger partial charge in [-0.25, -0.2) is 0 Å². The van der Waals surface area contributed by atoms with Gasteiger partial charge in [-0.3, -0.25) is 9.59 Å². The van der Waals surface area contributed by atoms with Crippen LogP contribution in [0.3, 0.4) is 0 Å². The smallest absolute Gasteiger partial charge is 0.416 e. The number of carbonyl (C=O) groups excluding carboxylic acids is 2. The highest BCUT2D eigenvalue weighted by atomic mass is 19.4. The summed E-state index contributed by atoms with van der Waals surface area (Å²) >= 11 is 0. The van der Waals surface area contributed by atoms with E-state index in [1.54, 1.807) is 4.90 Å². The molecule has 2 N–H and O–H groups in total. The fourth-order valence-corrected chi connectivity index (χ4v) is 3.36. The minimum atomic E-state index is -5.08. The van der Waals surface area contributed by atoms with Crippen molar-refractivity contribution in [2.75, 3.05) is 18.4 Å². The normalized spacial score (nSPS) is 14.9. The highest BCUT2D eigenvalue weighted by molar-refractivity contribution is 6.08. The second-order valence-electron chi connectivity index (χ2n) is 7.33. The number of likely N-dealkylation sites (tertiary alicyclic amines) is 1. The Morgan fingerprint density at radius 2 is 1.41 bits per heavy atom. The van der Waals surface area contributed by atoms with E-state index in [1.165, 1.54) is 6.07 Å². The van der Waals surface area contributed by atoms with E-state index < -0.39 is 52.3 Å². The summed E-state index contributed by atoms with van der Waals surface area (Å²) < 4.78 is 78.1. The number of phenolic OH excluding ortho intramolecular Hbond substituents is 1. The monoisotopic (exact) mass is 460 g/mol. The second kappa shape index (κ2) is 8.71. The number of hydrogen-bond acceptors (Lipinski definition) is 3. The van der Waals surface area contributed by atoms with Gasteiger partial charge in [-0.2, -0.15) is 26.3 Å². The molecule has 0 bridgehead atoms. The van der Waals surface area contributed by atoms with Crippen LogP contribution in [0.15, 0.2) is 36.4 Å². The summed E-state index contributed by atoms with van der Waals surface area (Å²) in [5, 5.41) is 11.9. The van der Waals surface area contributed by atoms with Crippen molar-refractivity contribution in [1.29, 1.82) is 0 Å². The molecule has 11 heteroatoms. The Balaban J connectivity index is 1.91. The Morgan fingerprint density at radius 3 is 1.94 bits per heavy atom. The van der Waals surface area contributed by atoms with Crippen LogP contribution in [0, 0.1) is 0 Å². The largest absolute Gasteiger partial charge is 0.507 e. The van der Waals surface area contributed by atoms with E-state index in [-0.39, 0.29) is 11.6 Å². The summed E-state index contributed by atoms with van der Waals surface area (Å²) in [6, 6.07) is 4.05. The SMILES string of the molecule is O=C(Nc1cc(C(F)(F)F)cc(C(F)(F)F)c1)c1cc(C(=O)N2CCCCC2)ccc1O. The number of phenols is 1. The number of amides is 2. The summed E-state index contributed by atoms with van der Waals surface area (Å²) in [4.78, 5) is 26.7. The maximum absolute atomic E-state index is 13.0. The summed E-state index contributed by atoms with van der Waals surface area (Å²) in [5.74, 6) is -2.14. The van der Waals surface area contributed by atoms with Gasteiger partial charge in [0, 0.05) is 24.3 Å². The van der Waals surface area contributed by atoms with Crippen LogP contribution < -0.4 is 5.32 Å². The van der Waals surface area contributed by atoms with E-state index in [2.05, 4.69) is 0 Å². The van der Waals surface area contributed by atoms with Gasteiger partial charge in [0.1, 0.15) is 5.75 Å². The zero-order valence-corrected chi connectivity index (χ0v) is 16.5. The summed E-state index contributed by atoms with van der Waals surface area (Å²) in [6.45, 7) is 1.04. The first-order valence-corrected chi connectivity index (χ1v) is 9.59. The molecule has 1 heterocycles. The maximum atomic E-state index is 13.0. The number of rotatable bonds is 3. The predicted octanol–water partition coefficient (Wildman–Crippen LogP) is 5.31. The number of nitrogens with zero attached hydrogens (tertiary/aromatic N) is 1. The van der Waals surface area contributed by atoms with Gasteiger partial charge in [0.05, 0.1) is 16.7 Å². The number of alkyl halides is 6. The topological polar surface area (TPSA) is 69.6 Å². The quantitative estimate of drug-likeness (QED) is 0.611. The number of carbonyl (C=O) groups is 2. The first kappa shape index (κ1) is 23.4. The molecule has 32 heavy (non-hydrogen) atoms. The van der Waals surface area contributed by atoms with Crippen LogP contribution in [-0.2, 0) is 12.4 Å². The molecule has 1 aliphatic heterocycles. The van der Waals surface area contributed by atoms with Crippen LogP contribution in [-0.4, -0.2) is 34.9 Å². The Morgan fingerprint density at radius 1 is 0.844 bits per heavy atom. The van der Waals surface area contributed by atoms with Crippen molar-refractivity contribution in [3.8, 4) is 5.75 Å². The average molecular weight is 460 g/mol. The van der Waals surface area contributed by atoms with Crippen LogP contribution in [0.2, 0.25) is 0 Å². The minimum absolute atomic E-state index is 0.0644. The number of piperidine rings is 1. The first-order valence-electron chi connectivity index (χ1n) is 9.59. The molecule has 1 fully saturated rings. The van der Waals surface area contributed by atoms with Crippen molar-refractivity contribution in [2.24, 2.45) is 0 Å². The lowest BCUT2D eigenvalue weighted by atomic mass is 10.0. The second-order valence-corrected chi connectivity index (χ2v) is 7.33. The molecule has 2 aromatic carbocycles. The van der Waals surface area contributed by atoms with Crippen molar-refractivity contribution in [3.63, 3.8) is 0 Å². The van der Waals surface area contributed by atoms with Gasteiger partial charge in [0.2, 0.25) is 0 Å². The van der Waals surface area contributed by atoms with Gasteiger partial charge >= 0.3 is 12.4 Å². The van der Waals surface area contributed by atoms with Gasteiger partial charge < -0.3 is 15.3 Å². The van der Waals surface area contributed by atoms with Crippen molar-refractivity contribution in [3.05, 3.63) is 58.7 Å². The summed E-state index contributed by atoms with van der Waals surface area (Å²) in [5.41, 5.74) is -4.35. The zero-order valence-electron chi connectivity index (χ0n) is 16.5. The molecule has 0 aromatic heterocycles. The Kier molecular flexibility index (Phi) is 6.38. The Hall–Kier alpha value is -3.24. The van der Waals surface area contributed by atoms with E-state index in [4.69, 9.17) is 0 Å². The molecule has 0 atom stereocenters. The van der Waals surface area contributed by atoms with Crippen LogP contribution in [0.5, 0.6) is 5.75 Å².